The first kappa shape index (κ1) is 19.9. The number of ether oxygens (including phenoxy) is 2. The summed E-state index contributed by atoms with van der Waals surface area (Å²) in [5, 5.41) is 9.18. The Kier molecular flexibility index (Phi) is 4.67. The van der Waals surface area contributed by atoms with Crippen LogP contribution in [0.25, 0.3) is 0 Å². The van der Waals surface area contributed by atoms with Crippen molar-refractivity contribution in [2.24, 2.45) is 16.1 Å². The Morgan fingerprint density at radius 2 is 1.94 bits per heavy atom. The van der Waals surface area contributed by atoms with Gasteiger partial charge in [0.25, 0.3) is 0 Å². The SMILES string of the molecule is COC1CCC2(CC1)Cc1ccc(Oc3cccc(C#N)c3)cc1C21CN(C)C(N)=N1. The number of rotatable bonds is 3. The van der Waals surface area contributed by atoms with Gasteiger partial charge in [0.2, 0.25) is 0 Å². The number of hydrogen-bond acceptors (Lipinski definition) is 6. The average Bonchev–Trinajstić information content (AvgIpc) is 3.22. The van der Waals surface area contributed by atoms with Crippen LogP contribution in [0.1, 0.15) is 42.4 Å². The van der Waals surface area contributed by atoms with Crippen molar-refractivity contribution in [1.29, 1.82) is 5.26 Å². The number of guanidine groups is 1. The van der Waals surface area contributed by atoms with Crippen molar-refractivity contribution in [1.82, 2.24) is 4.90 Å². The van der Waals surface area contributed by atoms with Gasteiger partial charge in [-0.05, 0) is 73.6 Å². The maximum absolute atomic E-state index is 9.18. The highest BCUT2D eigenvalue weighted by molar-refractivity contribution is 5.81. The topological polar surface area (TPSA) is 83.9 Å². The Morgan fingerprint density at radius 1 is 1.16 bits per heavy atom. The molecular weight excluding hydrogens is 388 g/mol. The van der Waals surface area contributed by atoms with Crippen molar-refractivity contribution in [2.75, 3.05) is 20.7 Å². The fourth-order valence-corrected chi connectivity index (χ4v) is 5.86. The monoisotopic (exact) mass is 416 g/mol. The lowest BCUT2D eigenvalue weighted by Crippen LogP contribution is -2.47. The smallest absolute Gasteiger partial charge is 0.192 e. The van der Waals surface area contributed by atoms with Gasteiger partial charge in [0.15, 0.2) is 5.96 Å². The summed E-state index contributed by atoms with van der Waals surface area (Å²) in [7, 11) is 3.83. The van der Waals surface area contributed by atoms with Crippen molar-refractivity contribution >= 4 is 5.96 Å². The Bertz CT molecular complexity index is 1080. The first-order valence-corrected chi connectivity index (χ1v) is 10.9. The molecule has 1 aliphatic heterocycles. The number of likely N-dealkylation sites (N-methyl/N-ethyl adjacent to an activating group) is 1. The van der Waals surface area contributed by atoms with Crippen molar-refractivity contribution in [3.63, 3.8) is 0 Å². The number of benzene rings is 2. The second-order valence-corrected chi connectivity index (χ2v) is 9.14. The maximum atomic E-state index is 9.18. The van der Waals surface area contributed by atoms with Gasteiger partial charge in [0.05, 0.1) is 24.3 Å². The largest absolute Gasteiger partial charge is 0.457 e. The molecule has 1 heterocycles. The third kappa shape index (κ3) is 3.07. The van der Waals surface area contributed by atoms with Crippen LogP contribution in [0.4, 0.5) is 0 Å². The average molecular weight is 417 g/mol. The van der Waals surface area contributed by atoms with Crippen LogP contribution in [0.15, 0.2) is 47.5 Å². The van der Waals surface area contributed by atoms with E-state index in [2.05, 4.69) is 23.1 Å². The third-order valence-electron chi connectivity index (χ3n) is 7.52. The van der Waals surface area contributed by atoms with Crippen molar-refractivity contribution in [3.05, 3.63) is 59.2 Å². The van der Waals surface area contributed by atoms with Gasteiger partial charge in [0, 0.05) is 19.6 Å². The zero-order chi connectivity index (χ0) is 21.6. The van der Waals surface area contributed by atoms with E-state index in [9.17, 15) is 5.26 Å². The second-order valence-electron chi connectivity index (χ2n) is 9.14. The number of nitrogens with zero attached hydrogens (tertiary/aromatic N) is 3. The summed E-state index contributed by atoms with van der Waals surface area (Å²) in [6, 6.07) is 15.8. The summed E-state index contributed by atoms with van der Waals surface area (Å²) >= 11 is 0. The number of fused-ring (bicyclic) bond motifs is 3. The van der Waals surface area contributed by atoms with E-state index in [1.807, 2.05) is 32.4 Å². The molecule has 0 aromatic heterocycles. The normalized spacial score (nSPS) is 29.1. The molecule has 1 saturated carbocycles. The van der Waals surface area contributed by atoms with Crippen molar-refractivity contribution in [2.45, 2.75) is 43.7 Å². The highest BCUT2D eigenvalue weighted by Gasteiger charge is 2.61. The molecule has 2 aromatic rings. The Labute approximate surface area is 183 Å². The standard InChI is InChI=1S/C25H28N4O2/c1-29-16-25(28-23(29)27)22-13-21(31-20-5-3-4-17(12-20)15-26)7-6-18(22)14-24(25)10-8-19(30-2)9-11-24/h3-7,12-13,19H,8-11,14,16H2,1-2H3,(H2,27,28). The minimum absolute atomic E-state index is 0.0547. The summed E-state index contributed by atoms with van der Waals surface area (Å²) in [5.74, 6) is 2.03. The molecule has 6 heteroatoms. The molecule has 2 spiro atoms. The first-order chi connectivity index (χ1) is 15.0. The molecular formula is C25H28N4O2. The second kappa shape index (κ2) is 7.28. The Balaban J connectivity index is 1.54. The molecule has 31 heavy (non-hydrogen) atoms. The summed E-state index contributed by atoms with van der Waals surface area (Å²) in [6.07, 6.45) is 5.59. The zero-order valence-electron chi connectivity index (χ0n) is 18.1. The van der Waals surface area contributed by atoms with E-state index in [1.54, 1.807) is 12.1 Å². The van der Waals surface area contributed by atoms with Gasteiger partial charge in [-0.2, -0.15) is 5.26 Å². The van der Waals surface area contributed by atoms with E-state index in [0.29, 0.717) is 23.4 Å². The highest BCUT2D eigenvalue weighted by atomic mass is 16.5. The number of nitrogens with two attached hydrogens (primary N) is 1. The molecule has 5 rings (SSSR count). The maximum Gasteiger partial charge on any atom is 0.192 e. The molecule has 1 fully saturated rings. The highest BCUT2D eigenvalue weighted by Crippen LogP contribution is 2.61. The van der Waals surface area contributed by atoms with Gasteiger partial charge < -0.3 is 20.1 Å². The summed E-state index contributed by atoms with van der Waals surface area (Å²) in [6.45, 7) is 0.789. The van der Waals surface area contributed by atoms with Crippen LogP contribution >= 0.6 is 0 Å². The summed E-state index contributed by atoms with van der Waals surface area (Å²) in [4.78, 5) is 7.20. The van der Waals surface area contributed by atoms with Gasteiger partial charge in [-0.25, -0.2) is 4.99 Å². The molecule has 1 atom stereocenters. The lowest BCUT2D eigenvalue weighted by molar-refractivity contribution is -0.00334. The molecule has 3 aliphatic rings. The fraction of sp³-hybridized carbons (Fsp3) is 0.440. The molecule has 1 unspecified atom stereocenters. The minimum Gasteiger partial charge on any atom is -0.457 e. The van der Waals surface area contributed by atoms with Gasteiger partial charge in [0.1, 0.15) is 17.0 Å². The van der Waals surface area contributed by atoms with E-state index in [-0.39, 0.29) is 11.0 Å². The van der Waals surface area contributed by atoms with Gasteiger partial charge in [-0.1, -0.05) is 12.1 Å². The lowest BCUT2D eigenvalue weighted by atomic mass is 9.61. The quantitative estimate of drug-likeness (QED) is 0.819. The number of aliphatic imine (C=N–C) groups is 1. The van der Waals surface area contributed by atoms with Crippen LogP contribution < -0.4 is 10.5 Å². The molecule has 0 saturated heterocycles. The predicted molar refractivity (Wildman–Crippen MR) is 119 cm³/mol. The van der Waals surface area contributed by atoms with E-state index in [4.69, 9.17) is 20.2 Å². The molecule has 2 N–H and O–H groups in total. The predicted octanol–water partition coefficient (Wildman–Crippen LogP) is 3.94. The van der Waals surface area contributed by atoms with Crippen molar-refractivity contribution < 1.29 is 9.47 Å². The molecule has 160 valence electrons. The zero-order valence-corrected chi connectivity index (χ0v) is 18.1. The van der Waals surface area contributed by atoms with Crippen LogP contribution in [0.3, 0.4) is 0 Å². The minimum atomic E-state index is -0.353. The van der Waals surface area contributed by atoms with Gasteiger partial charge in [-0.3, -0.25) is 0 Å². The number of nitriles is 1. The number of hydrogen-bond donors (Lipinski definition) is 1. The lowest BCUT2D eigenvalue weighted by Gasteiger charge is -2.46. The third-order valence-corrected chi connectivity index (χ3v) is 7.52. The Morgan fingerprint density at radius 3 is 2.61 bits per heavy atom. The van der Waals surface area contributed by atoms with Gasteiger partial charge in [-0.15, -0.1) is 0 Å². The van der Waals surface area contributed by atoms with Crippen LogP contribution in [0, 0.1) is 16.7 Å². The molecule has 0 radical (unpaired) electrons. The van der Waals surface area contributed by atoms with Crippen LogP contribution in [0.5, 0.6) is 11.5 Å². The van der Waals surface area contributed by atoms with E-state index in [0.717, 1.165) is 44.4 Å². The van der Waals surface area contributed by atoms with Gasteiger partial charge >= 0.3 is 0 Å². The fourth-order valence-electron chi connectivity index (χ4n) is 5.86. The van der Waals surface area contributed by atoms with Crippen LogP contribution in [-0.4, -0.2) is 37.7 Å². The van der Waals surface area contributed by atoms with Crippen LogP contribution in [-0.2, 0) is 16.7 Å². The molecule has 2 aromatic carbocycles. The first-order valence-electron chi connectivity index (χ1n) is 10.9. The van der Waals surface area contributed by atoms with E-state index >= 15 is 0 Å². The van der Waals surface area contributed by atoms with E-state index < -0.39 is 0 Å². The molecule has 2 aliphatic carbocycles. The molecule has 6 nitrogen and oxygen atoms in total. The van der Waals surface area contributed by atoms with Crippen molar-refractivity contribution in [3.8, 4) is 17.6 Å². The summed E-state index contributed by atoms with van der Waals surface area (Å²) < 4.78 is 11.8. The van der Waals surface area contributed by atoms with E-state index in [1.165, 1.54) is 11.1 Å². The summed E-state index contributed by atoms with van der Waals surface area (Å²) in [5.41, 5.74) is 9.16. The Hall–Kier alpha value is -3.04. The van der Waals surface area contributed by atoms with Crippen LogP contribution in [0.2, 0.25) is 0 Å². The molecule has 0 bridgehead atoms. The number of methoxy groups -OCH3 is 1. The molecule has 0 amide bonds.